The topological polar surface area (TPSA) is 36.9 Å². The Kier molecular flexibility index (Phi) is 4.66. The molecule has 2 saturated heterocycles. The van der Waals surface area contributed by atoms with Crippen LogP contribution in [0.4, 0.5) is 4.39 Å². The molecular formula is C18H26BFO4. The molecule has 6 heteroatoms. The van der Waals surface area contributed by atoms with Crippen molar-refractivity contribution in [1.82, 2.24) is 0 Å². The van der Waals surface area contributed by atoms with E-state index < -0.39 is 18.3 Å². The monoisotopic (exact) mass is 336 g/mol. The third-order valence-electron chi connectivity index (χ3n) is 5.27. The van der Waals surface area contributed by atoms with Crippen LogP contribution in [0.3, 0.4) is 0 Å². The van der Waals surface area contributed by atoms with Crippen molar-refractivity contribution in [2.45, 2.75) is 71.4 Å². The highest BCUT2D eigenvalue weighted by atomic mass is 19.1. The molecule has 0 N–H and O–H groups in total. The first-order chi connectivity index (χ1) is 11.2. The summed E-state index contributed by atoms with van der Waals surface area (Å²) >= 11 is 0. The average Bonchev–Trinajstić information content (AvgIpc) is 2.72. The second kappa shape index (κ2) is 6.32. The predicted molar refractivity (Wildman–Crippen MR) is 91.1 cm³/mol. The van der Waals surface area contributed by atoms with E-state index in [1.165, 1.54) is 6.07 Å². The van der Waals surface area contributed by atoms with E-state index in [9.17, 15) is 4.39 Å². The summed E-state index contributed by atoms with van der Waals surface area (Å²) < 4.78 is 37.9. The molecule has 132 valence electrons. The first-order valence-electron chi connectivity index (χ1n) is 8.63. The van der Waals surface area contributed by atoms with Gasteiger partial charge in [-0.1, -0.05) is 0 Å². The zero-order valence-electron chi connectivity index (χ0n) is 15.1. The van der Waals surface area contributed by atoms with E-state index in [0.29, 0.717) is 23.4 Å². The molecule has 2 heterocycles. The highest BCUT2D eigenvalue weighted by molar-refractivity contribution is 6.62. The van der Waals surface area contributed by atoms with E-state index in [1.807, 2.05) is 27.7 Å². The smallest absolute Gasteiger partial charge is 0.465 e. The second-order valence-corrected chi connectivity index (χ2v) is 7.62. The molecule has 0 radical (unpaired) electrons. The summed E-state index contributed by atoms with van der Waals surface area (Å²) in [6, 6.07) is 3.21. The van der Waals surface area contributed by atoms with Gasteiger partial charge in [0.1, 0.15) is 11.6 Å². The van der Waals surface area contributed by atoms with Gasteiger partial charge in [-0.2, -0.15) is 0 Å². The van der Waals surface area contributed by atoms with E-state index >= 15 is 0 Å². The summed E-state index contributed by atoms with van der Waals surface area (Å²) in [5.74, 6) is 0.128. The van der Waals surface area contributed by atoms with Crippen molar-refractivity contribution in [3.05, 3.63) is 23.5 Å². The molecule has 2 aliphatic heterocycles. The van der Waals surface area contributed by atoms with Gasteiger partial charge in [0.2, 0.25) is 0 Å². The first kappa shape index (κ1) is 17.7. The Morgan fingerprint density at radius 3 is 2.38 bits per heavy atom. The molecule has 1 unspecified atom stereocenters. The summed E-state index contributed by atoms with van der Waals surface area (Å²) in [6.45, 7) is 10.3. The SMILES string of the molecule is Cc1c(F)cc(OC2CCCCO2)cc1B1OC(C)(C)C(C)(C)O1. The van der Waals surface area contributed by atoms with Crippen LogP contribution in [-0.4, -0.2) is 31.2 Å². The van der Waals surface area contributed by atoms with Crippen molar-refractivity contribution in [2.75, 3.05) is 6.61 Å². The van der Waals surface area contributed by atoms with E-state index in [4.69, 9.17) is 18.8 Å². The maximum Gasteiger partial charge on any atom is 0.495 e. The summed E-state index contributed by atoms with van der Waals surface area (Å²) in [5.41, 5.74) is 0.248. The minimum atomic E-state index is -0.611. The van der Waals surface area contributed by atoms with Crippen LogP contribution in [0, 0.1) is 12.7 Å². The van der Waals surface area contributed by atoms with Crippen molar-refractivity contribution >= 4 is 12.6 Å². The molecule has 0 aliphatic carbocycles. The van der Waals surface area contributed by atoms with Gasteiger partial charge >= 0.3 is 7.12 Å². The van der Waals surface area contributed by atoms with Gasteiger partial charge in [0.25, 0.3) is 0 Å². The molecule has 0 spiro atoms. The summed E-state index contributed by atoms with van der Waals surface area (Å²) in [5, 5.41) is 0. The molecule has 24 heavy (non-hydrogen) atoms. The predicted octanol–water partition coefficient (Wildman–Crippen LogP) is 3.34. The van der Waals surface area contributed by atoms with Crippen LogP contribution in [-0.2, 0) is 14.0 Å². The summed E-state index contributed by atoms with van der Waals surface area (Å²) in [4.78, 5) is 0. The van der Waals surface area contributed by atoms with Crippen LogP contribution >= 0.6 is 0 Å². The standard InChI is InChI=1S/C18H26BFO4/c1-12-14(19-23-17(2,3)18(4,5)24-19)10-13(11-15(12)20)22-16-8-6-7-9-21-16/h10-11,16H,6-9H2,1-5H3. The molecular weight excluding hydrogens is 310 g/mol. The Morgan fingerprint density at radius 1 is 1.12 bits per heavy atom. The number of rotatable bonds is 3. The maximum absolute atomic E-state index is 14.4. The third kappa shape index (κ3) is 3.32. The highest BCUT2D eigenvalue weighted by Gasteiger charge is 2.52. The lowest BCUT2D eigenvalue weighted by atomic mass is 9.76. The Bertz CT molecular complexity index is 595. The molecule has 2 aliphatic rings. The fourth-order valence-corrected chi connectivity index (χ4v) is 2.91. The van der Waals surface area contributed by atoms with Crippen molar-refractivity contribution < 1.29 is 23.2 Å². The van der Waals surface area contributed by atoms with Crippen molar-refractivity contribution in [1.29, 1.82) is 0 Å². The molecule has 1 atom stereocenters. The maximum atomic E-state index is 14.4. The molecule has 2 fully saturated rings. The highest BCUT2D eigenvalue weighted by Crippen LogP contribution is 2.37. The lowest BCUT2D eigenvalue weighted by molar-refractivity contribution is -0.105. The lowest BCUT2D eigenvalue weighted by Crippen LogP contribution is -2.41. The van der Waals surface area contributed by atoms with Crippen LogP contribution in [0.25, 0.3) is 0 Å². The van der Waals surface area contributed by atoms with E-state index in [2.05, 4.69) is 0 Å². The fourth-order valence-electron chi connectivity index (χ4n) is 2.91. The zero-order chi connectivity index (χ0) is 17.5. The van der Waals surface area contributed by atoms with Crippen molar-refractivity contribution in [3.8, 4) is 5.75 Å². The Morgan fingerprint density at radius 2 is 1.79 bits per heavy atom. The molecule has 4 nitrogen and oxygen atoms in total. The fraction of sp³-hybridized carbons (Fsp3) is 0.667. The summed E-state index contributed by atoms with van der Waals surface area (Å²) in [7, 11) is -0.611. The molecule has 0 bridgehead atoms. The van der Waals surface area contributed by atoms with Crippen LogP contribution in [0.15, 0.2) is 12.1 Å². The molecule has 0 saturated carbocycles. The van der Waals surface area contributed by atoms with Gasteiger partial charge in [0.05, 0.1) is 17.8 Å². The molecule has 1 aromatic rings. The van der Waals surface area contributed by atoms with E-state index in [-0.39, 0.29) is 12.1 Å². The van der Waals surface area contributed by atoms with Crippen LogP contribution in [0.2, 0.25) is 0 Å². The first-order valence-corrected chi connectivity index (χ1v) is 8.63. The van der Waals surface area contributed by atoms with Gasteiger partial charge in [-0.3, -0.25) is 0 Å². The van der Waals surface area contributed by atoms with E-state index in [1.54, 1.807) is 13.0 Å². The summed E-state index contributed by atoms with van der Waals surface area (Å²) in [6.07, 6.45) is 2.61. The Hall–Kier alpha value is -1.11. The van der Waals surface area contributed by atoms with Crippen molar-refractivity contribution in [3.63, 3.8) is 0 Å². The minimum absolute atomic E-state index is 0.313. The van der Waals surface area contributed by atoms with Gasteiger partial charge < -0.3 is 18.8 Å². The van der Waals surface area contributed by atoms with Gasteiger partial charge in [-0.05, 0) is 64.6 Å². The second-order valence-electron chi connectivity index (χ2n) is 7.62. The molecule has 3 rings (SSSR count). The van der Waals surface area contributed by atoms with Crippen molar-refractivity contribution in [2.24, 2.45) is 0 Å². The normalized spacial score (nSPS) is 25.8. The Balaban J connectivity index is 1.85. The minimum Gasteiger partial charge on any atom is -0.465 e. The molecule has 0 aromatic heterocycles. The number of benzene rings is 1. The zero-order valence-corrected chi connectivity index (χ0v) is 15.1. The van der Waals surface area contributed by atoms with Crippen LogP contribution in [0.5, 0.6) is 5.75 Å². The molecule has 1 aromatic carbocycles. The van der Waals surface area contributed by atoms with Crippen LogP contribution in [0.1, 0.15) is 52.5 Å². The Labute approximate surface area is 143 Å². The number of ether oxygens (including phenoxy) is 2. The van der Waals surface area contributed by atoms with Gasteiger partial charge in [0, 0.05) is 12.5 Å². The average molecular weight is 336 g/mol. The largest absolute Gasteiger partial charge is 0.495 e. The van der Waals surface area contributed by atoms with Gasteiger partial charge in [-0.15, -0.1) is 0 Å². The van der Waals surface area contributed by atoms with Gasteiger partial charge in [0.15, 0.2) is 6.29 Å². The van der Waals surface area contributed by atoms with Crippen LogP contribution < -0.4 is 10.2 Å². The van der Waals surface area contributed by atoms with E-state index in [0.717, 1.165) is 19.3 Å². The molecule has 0 amide bonds. The van der Waals surface area contributed by atoms with Gasteiger partial charge in [-0.25, -0.2) is 4.39 Å². The number of hydrogen-bond donors (Lipinski definition) is 0. The number of halogens is 1. The lowest BCUT2D eigenvalue weighted by Gasteiger charge is -2.32. The number of hydrogen-bond acceptors (Lipinski definition) is 4. The quantitative estimate of drug-likeness (QED) is 0.794. The third-order valence-corrected chi connectivity index (χ3v) is 5.27.